The summed E-state index contributed by atoms with van der Waals surface area (Å²) in [5.41, 5.74) is 0.619. The van der Waals surface area contributed by atoms with Crippen LogP contribution in [0.4, 0.5) is 11.4 Å². The second-order valence-electron chi connectivity index (χ2n) is 4.35. The molecule has 0 atom stereocenters. The summed E-state index contributed by atoms with van der Waals surface area (Å²) >= 11 is 1.66. The first-order chi connectivity index (χ1) is 10.1. The van der Waals surface area contributed by atoms with Crippen molar-refractivity contribution in [2.75, 3.05) is 11.9 Å². The molecule has 21 heavy (non-hydrogen) atoms. The van der Waals surface area contributed by atoms with Crippen molar-refractivity contribution >= 4 is 22.7 Å². The van der Waals surface area contributed by atoms with Crippen LogP contribution in [0.25, 0.3) is 0 Å². The number of aromatic nitrogens is 1. The predicted molar refractivity (Wildman–Crippen MR) is 81.5 cm³/mol. The predicted octanol–water partition coefficient (Wildman–Crippen LogP) is 3.14. The van der Waals surface area contributed by atoms with Crippen molar-refractivity contribution in [1.82, 2.24) is 4.98 Å². The number of nitrogens with one attached hydrogen (secondary N) is 1. The van der Waals surface area contributed by atoms with E-state index in [-0.39, 0.29) is 11.3 Å². The minimum Gasteiger partial charge on any atom is -0.379 e. The number of rotatable bonds is 6. The van der Waals surface area contributed by atoms with E-state index in [1.54, 1.807) is 23.5 Å². The van der Waals surface area contributed by atoms with E-state index >= 15 is 0 Å². The van der Waals surface area contributed by atoms with Crippen molar-refractivity contribution < 1.29 is 4.92 Å². The molecule has 0 unspecified atom stereocenters. The maximum absolute atomic E-state index is 11.0. The van der Waals surface area contributed by atoms with Gasteiger partial charge in [0.25, 0.3) is 5.69 Å². The summed E-state index contributed by atoms with van der Waals surface area (Å²) in [5, 5.41) is 23.8. The molecule has 0 aliphatic rings. The van der Waals surface area contributed by atoms with Gasteiger partial charge in [0.1, 0.15) is 5.69 Å². The molecule has 0 amide bonds. The van der Waals surface area contributed by atoms with Gasteiger partial charge in [0.2, 0.25) is 0 Å². The fourth-order valence-corrected chi connectivity index (χ4v) is 2.69. The van der Waals surface area contributed by atoms with Crippen LogP contribution in [0.1, 0.15) is 22.4 Å². The summed E-state index contributed by atoms with van der Waals surface area (Å²) in [6, 6.07) is 6.31. The van der Waals surface area contributed by atoms with Crippen LogP contribution in [0.3, 0.4) is 0 Å². The molecule has 0 saturated carbocycles. The number of hydrogen-bond acceptors (Lipinski definition) is 6. The number of benzene rings is 1. The number of nitro benzene ring substituents is 1. The largest absolute Gasteiger partial charge is 0.379 e. The molecule has 1 N–H and O–H groups in total. The Kier molecular flexibility index (Phi) is 4.85. The van der Waals surface area contributed by atoms with E-state index < -0.39 is 4.92 Å². The Morgan fingerprint density at radius 3 is 2.95 bits per heavy atom. The fraction of sp³-hybridized carbons (Fsp3) is 0.286. The number of thiazole rings is 1. The number of nitro groups is 1. The summed E-state index contributed by atoms with van der Waals surface area (Å²) in [4.78, 5) is 16.1. The first kappa shape index (κ1) is 14.9. The molecule has 0 saturated heterocycles. The fourth-order valence-electron chi connectivity index (χ4n) is 1.83. The summed E-state index contributed by atoms with van der Waals surface area (Å²) in [6.45, 7) is 2.64. The van der Waals surface area contributed by atoms with Crippen LogP contribution in [0, 0.1) is 21.4 Å². The van der Waals surface area contributed by atoms with Crippen molar-refractivity contribution in [3.63, 3.8) is 0 Å². The van der Waals surface area contributed by atoms with Gasteiger partial charge in [-0.15, -0.1) is 11.3 Å². The molecule has 1 aromatic carbocycles. The molecule has 2 rings (SSSR count). The van der Waals surface area contributed by atoms with Crippen molar-refractivity contribution in [2.45, 2.75) is 19.8 Å². The van der Waals surface area contributed by atoms with Gasteiger partial charge in [-0.05, 0) is 18.6 Å². The average Bonchev–Trinajstić information content (AvgIpc) is 2.95. The van der Waals surface area contributed by atoms with Crippen LogP contribution in [-0.4, -0.2) is 16.5 Å². The zero-order chi connectivity index (χ0) is 15.2. The highest BCUT2D eigenvalue weighted by Gasteiger charge is 2.14. The molecule has 0 aliphatic carbocycles. The second kappa shape index (κ2) is 6.81. The van der Waals surface area contributed by atoms with E-state index in [4.69, 9.17) is 5.26 Å². The lowest BCUT2D eigenvalue weighted by atomic mass is 10.2. The van der Waals surface area contributed by atoms with Gasteiger partial charge in [0.05, 0.1) is 21.6 Å². The smallest absolute Gasteiger partial charge is 0.293 e. The second-order valence-corrected chi connectivity index (χ2v) is 5.55. The van der Waals surface area contributed by atoms with Gasteiger partial charge in [-0.3, -0.25) is 10.1 Å². The van der Waals surface area contributed by atoms with Crippen molar-refractivity contribution in [3.05, 3.63) is 50.0 Å². The molecule has 0 fully saturated rings. The van der Waals surface area contributed by atoms with Gasteiger partial charge in [-0.25, -0.2) is 4.98 Å². The Balaban J connectivity index is 2.02. The van der Waals surface area contributed by atoms with Crippen LogP contribution in [0.2, 0.25) is 0 Å². The molecule has 0 aliphatic heterocycles. The Morgan fingerprint density at radius 2 is 2.33 bits per heavy atom. The summed E-state index contributed by atoms with van der Waals surface area (Å²) < 4.78 is 0. The number of aryl methyl sites for hydroxylation is 1. The van der Waals surface area contributed by atoms with Crippen LogP contribution >= 0.6 is 11.3 Å². The standard InChI is InChI=1S/C14H14N4O2S/c1-2-11-9-17-14(21-11)5-6-16-12-4-3-10(8-15)7-13(12)18(19)20/h3-4,7,9,16H,2,5-6H2,1H3. The number of nitrogens with zero attached hydrogens (tertiary/aromatic N) is 3. The van der Waals surface area contributed by atoms with E-state index in [1.807, 2.05) is 12.3 Å². The minimum atomic E-state index is -0.484. The van der Waals surface area contributed by atoms with Crippen molar-refractivity contribution in [1.29, 1.82) is 5.26 Å². The Morgan fingerprint density at radius 1 is 1.52 bits per heavy atom. The van der Waals surface area contributed by atoms with Crippen LogP contribution in [0.5, 0.6) is 0 Å². The normalized spacial score (nSPS) is 10.1. The lowest BCUT2D eigenvalue weighted by Gasteiger charge is -2.06. The first-order valence-corrected chi connectivity index (χ1v) is 7.31. The van der Waals surface area contributed by atoms with Gasteiger partial charge < -0.3 is 5.32 Å². The molecule has 2 aromatic rings. The van der Waals surface area contributed by atoms with Gasteiger partial charge >= 0.3 is 0 Å². The Hall–Kier alpha value is -2.46. The SMILES string of the molecule is CCc1cnc(CCNc2ccc(C#N)cc2[N+](=O)[O-])s1. The third-order valence-electron chi connectivity index (χ3n) is 2.93. The zero-order valence-electron chi connectivity index (χ0n) is 11.5. The zero-order valence-corrected chi connectivity index (χ0v) is 12.3. The third kappa shape index (κ3) is 3.77. The van der Waals surface area contributed by atoms with Crippen molar-refractivity contribution in [2.24, 2.45) is 0 Å². The minimum absolute atomic E-state index is 0.0811. The van der Waals surface area contributed by atoms with Crippen LogP contribution < -0.4 is 5.32 Å². The maximum atomic E-state index is 11.0. The summed E-state index contributed by atoms with van der Waals surface area (Å²) in [7, 11) is 0. The Labute approximate surface area is 126 Å². The molecule has 108 valence electrons. The molecule has 0 bridgehead atoms. The molecule has 1 aromatic heterocycles. The molecule has 6 nitrogen and oxygen atoms in total. The van der Waals surface area contributed by atoms with E-state index in [2.05, 4.69) is 17.2 Å². The van der Waals surface area contributed by atoms with E-state index in [9.17, 15) is 10.1 Å². The number of anilines is 1. The highest BCUT2D eigenvalue weighted by molar-refractivity contribution is 7.11. The van der Waals surface area contributed by atoms with E-state index in [0.29, 0.717) is 18.7 Å². The lowest BCUT2D eigenvalue weighted by Crippen LogP contribution is -2.06. The molecule has 0 radical (unpaired) electrons. The monoisotopic (exact) mass is 302 g/mol. The van der Waals surface area contributed by atoms with Crippen molar-refractivity contribution in [3.8, 4) is 6.07 Å². The van der Waals surface area contributed by atoms with Gasteiger partial charge in [0, 0.05) is 30.1 Å². The Bertz CT molecular complexity index is 691. The third-order valence-corrected chi connectivity index (χ3v) is 4.13. The topological polar surface area (TPSA) is 91.8 Å². The summed E-state index contributed by atoms with van der Waals surface area (Å²) in [6.07, 6.45) is 3.54. The highest BCUT2D eigenvalue weighted by atomic mass is 32.1. The molecule has 1 heterocycles. The molecular weight excluding hydrogens is 288 g/mol. The maximum Gasteiger partial charge on any atom is 0.293 e. The lowest BCUT2D eigenvalue weighted by molar-refractivity contribution is -0.384. The van der Waals surface area contributed by atoms with Gasteiger partial charge in [-0.2, -0.15) is 5.26 Å². The molecule has 0 spiro atoms. The van der Waals surface area contributed by atoms with Gasteiger partial charge in [0.15, 0.2) is 0 Å². The quantitative estimate of drug-likeness (QED) is 0.653. The average molecular weight is 302 g/mol. The van der Waals surface area contributed by atoms with E-state index in [0.717, 1.165) is 11.4 Å². The molecule has 7 heteroatoms. The van der Waals surface area contributed by atoms with Crippen LogP contribution in [0.15, 0.2) is 24.4 Å². The molecular formula is C14H14N4O2S. The number of hydrogen-bond donors (Lipinski definition) is 1. The van der Waals surface area contributed by atoms with Crippen LogP contribution in [-0.2, 0) is 12.8 Å². The number of nitriles is 1. The first-order valence-electron chi connectivity index (χ1n) is 6.50. The van der Waals surface area contributed by atoms with Gasteiger partial charge in [-0.1, -0.05) is 6.92 Å². The summed E-state index contributed by atoms with van der Waals surface area (Å²) in [5.74, 6) is 0. The highest BCUT2D eigenvalue weighted by Crippen LogP contribution is 2.25. The van der Waals surface area contributed by atoms with E-state index in [1.165, 1.54) is 10.9 Å².